The third kappa shape index (κ3) is 2.49. The SMILES string of the molecule is N/C(=N\O)C1CNNC1NC(=O)c1csnn1. The van der Waals surface area contributed by atoms with Gasteiger partial charge in [-0.1, -0.05) is 9.64 Å². The van der Waals surface area contributed by atoms with Crippen LogP contribution in [0.4, 0.5) is 0 Å². The Balaban J connectivity index is 2.01. The fraction of sp³-hybridized carbons (Fsp3) is 0.429. The van der Waals surface area contributed by atoms with Gasteiger partial charge in [-0.25, -0.2) is 5.43 Å². The number of hydrazine groups is 1. The second-order valence-corrected chi connectivity index (χ2v) is 4.01. The van der Waals surface area contributed by atoms with Crippen LogP contribution < -0.4 is 21.9 Å². The van der Waals surface area contributed by atoms with Crippen LogP contribution in [0.5, 0.6) is 0 Å². The summed E-state index contributed by atoms with van der Waals surface area (Å²) in [5.41, 5.74) is 11.4. The van der Waals surface area contributed by atoms with Gasteiger partial charge in [0.15, 0.2) is 5.69 Å². The van der Waals surface area contributed by atoms with Crippen LogP contribution in [0.3, 0.4) is 0 Å². The highest BCUT2D eigenvalue weighted by atomic mass is 32.1. The monoisotopic (exact) mass is 257 g/mol. The zero-order valence-electron chi connectivity index (χ0n) is 8.62. The summed E-state index contributed by atoms with van der Waals surface area (Å²) in [6, 6.07) is 0. The van der Waals surface area contributed by atoms with Gasteiger partial charge in [-0.3, -0.25) is 10.2 Å². The van der Waals surface area contributed by atoms with Crippen molar-refractivity contribution in [2.24, 2.45) is 16.8 Å². The van der Waals surface area contributed by atoms with Gasteiger partial charge in [-0.2, -0.15) is 0 Å². The Morgan fingerprint density at radius 1 is 1.76 bits per heavy atom. The minimum absolute atomic E-state index is 0.0456. The molecule has 1 aliphatic rings. The number of carbonyl (C=O) groups is 1. The van der Waals surface area contributed by atoms with E-state index in [9.17, 15) is 4.79 Å². The molecule has 17 heavy (non-hydrogen) atoms. The van der Waals surface area contributed by atoms with E-state index in [0.29, 0.717) is 6.54 Å². The molecule has 0 aromatic carbocycles. The summed E-state index contributed by atoms with van der Waals surface area (Å²) in [7, 11) is 0. The van der Waals surface area contributed by atoms with Crippen molar-refractivity contribution in [3.05, 3.63) is 11.1 Å². The molecule has 1 aromatic rings. The largest absolute Gasteiger partial charge is 0.409 e. The summed E-state index contributed by atoms with van der Waals surface area (Å²) in [6.07, 6.45) is -0.458. The number of nitrogens with two attached hydrogens (primary N) is 1. The molecule has 0 aliphatic carbocycles. The Hall–Kier alpha value is -1.78. The molecule has 0 bridgehead atoms. The number of hydrogen-bond acceptors (Lipinski definition) is 8. The minimum Gasteiger partial charge on any atom is -0.409 e. The number of amides is 1. The second-order valence-electron chi connectivity index (χ2n) is 3.40. The molecule has 0 spiro atoms. The van der Waals surface area contributed by atoms with Gasteiger partial charge in [0, 0.05) is 11.9 Å². The molecule has 1 amide bonds. The number of rotatable bonds is 3. The molecule has 2 unspecified atom stereocenters. The summed E-state index contributed by atoms with van der Waals surface area (Å²) in [5, 5.41) is 19.4. The first-order chi connectivity index (χ1) is 8.22. The Bertz CT molecular complexity index is 420. The Kier molecular flexibility index (Phi) is 3.46. The van der Waals surface area contributed by atoms with Crippen molar-refractivity contribution >= 4 is 23.3 Å². The van der Waals surface area contributed by atoms with Crippen molar-refractivity contribution < 1.29 is 10.0 Å². The van der Waals surface area contributed by atoms with Crippen molar-refractivity contribution in [2.75, 3.05) is 6.54 Å². The minimum atomic E-state index is -0.458. The first-order valence-corrected chi connectivity index (χ1v) is 5.59. The third-order valence-corrected chi connectivity index (χ3v) is 2.86. The molecule has 1 saturated heterocycles. The van der Waals surface area contributed by atoms with Gasteiger partial charge < -0.3 is 16.3 Å². The fourth-order valence-corrected chi connectivity index (χ4v) is 1.90. The van der Waals surface area contributed by atoms with Gasteiger partial charge >= 0.3 is 0 Å². The Labute approximate surface area is 100 Å². The van der Waals surface area contributed by atoms with E-state index in [1.54, 1.807) is 0 Å². The van der Waals surface area contributed by atoms with E-state index < -0.39 is 6.17 Å². The maximum atomic E-state index is 11.7. The molecule has 92 valence electrons. The smallest absolute Gasteiger partial charge is 0.274 e. The van der Waals surface area contributed by atoms with E-state index in [-0.39, 0.29) is 23.4 Å². The van der Waals surface area contributed by atoms with Gasteiger partial charge in [0.1, 0.15) is 12.0 Å². The van der Waals surface area contributed by atoms with E-state index in [2.05, 4.69) is 30.9 Å². The van der Waals surface area contributed by atoms with Crippen LogP contribution in [-0.4, -0.2) is 39.2 Å². The highest BCUT2D eigenvalue weighted by molar-refractivity contribution is 7.03. The van der Waals surface area contributed by atoms with Gasteiger partial charge in [-0.15, -0.1) is 5.10 Å². The van der Waals surface area contributed by atoms with Crippen LogP contribution in [0.15, 0.2) is 10.5 Å². The molecule has 0 radical (unpaired) electrons. The normalized spacial score (nSPS) is 24.8. The quantitative estimate of drug-likeness (QED) is 0.184. The van der Waals surface area contributed by atoms with E-state index in [1.807, 2.05) is 0 Å². The lowest BCUT2D eigenvalue weighted by atomic mass is 10.1. The van der Waals surface area contributed by atoms with E-state index >= 15 is 0 Å². The lowest BCUT2D eigenvalue weighted by Crippen LogP contribution is -2.49. The number of hydrogen-bond donors (Lipinski definition) is 5. The van der Waals surface area contributed by atoms with Gasteiger partial charge in [0.2, 0.25) is 0 Å². The standard InChI is InChI=1S/C7H11N7O2S/c8-5(13-16)3-1-9-12-6(3)10-7(15)4-2-17-14-11-4/h2-3,6,9,12,16H,1H2,(H2,8,13)(H,10,15). The zero-order chi connectivity index (χ0) is 12.3. The highest BCUT2D eigenvalue weighted by Crippen LogP contribution is 2.07. The van der Waals surface area contributed by atoms with Crippen molar-refractivity contribution in [1.82, 2.24) is 25.8 Å². The molecule has 2 heterocycles. The lowest BCUT2D eigenvalue weighted by Gasteiger charge is -2.17. The summed E-state index contributed by atoms with van der Waals surface area (Å²) >= 11 is 1.09. The molecule has 1 aromatic heterocycles. The number of aromatic nitrogens is 2. The molecule has 0 saturated carbocycles. The molecule has 9 nitrogen and oxygen atoms in total. The molecule has 1 aliphatic heterocycles. The first-order valence-electron chi connectivity index (χ1n) is 4.76. The number of oxime groups is 1. The molecule has 2 rings (SSSR count). The maximum Gasteiger partial charge on any atom is 0.274 e. The summed E-state index contributed by atoms with van der Waals surface area (Å²) in [4.78, 5) is 11.7. The molecular formula is C7H11N7O2S. The summed E-state index contributed by atoms with van der Waals surface area (Å²) in [5.74, 6) is -0.643. The summed E-state index contributed by atoms with van der Waals surface area (Å²) < 4.78 is 3.59. The topological polar surface area (TPSA) is 138 Å². The average Bonchev–Trinajstić information content (AvgIpc) is 2.98. The van der Waals surface area contributed by atoms with Gasteiger partial charge in [0.05, 0.1) is 5.92 Å². The number of nitrogens with one attached hydrogen (secondary N) is 3. The first kappa shape index (κ1) is 11.7. The van der Waals surface area contributed by atoms with Crippen LogP contribution in [-0.2, 0) is 0 Å². The van der Waals surface area contributed by atoms with Crippen LogP contribution in [0.1, 0.15) is 10.5 Å². The number of carbonyl (C=O) groups excluding carboxylic acids is 1. The Morgan fingerprint density at radius 3 is 3.24 bits per heavy atom. The summed E-state index contributed by atoms with van der Waals surface area (Å²) in [6.45, 7) is 0.455. The molecule has 6 N–H and O–H groups in total. The molecule has 2 atom stereocenters. The third-order valence-electron chi connectivity index (χ3n) is 2.36. The highest BCUT2D eigenvalue weighted by Gasteiger charge is 2.32. The number of amidine groups is 1. The van der Waals surface area contributed by atoms with Crippen LogP contribution in [0.2, 0.25) is 0 Å². The average molecular weight is 257 g/mol. The van der Waals surface area contributed by atoms with Crippen molar-refractivity contribution in [1.29, 1.82) is 0 Å². The molecule has 1 fully saturated rings. The predicted molar refractivity (Wildman–Crippen MR) is 59.2 cm³/mol. The van der Waals surface area contributed by atoms with Crippen LogP contribution >= 0.6 is 11.5 Å². The van der Waals surface area contributed by atoms with E-state index in [0.717, 1.165) is 11.5 Å². The van der Waals surface area contributed by atoms with Crippen LogP contribution in [0, 0.1) is 5.92 Å². The maximum absolute atomic E-state index is 11.7. The second kappa shape index (κ2) is 5.03. The fourth-order valence-electron chi connectivity index (χ4n) is 1.46. The number of nitrogens with zero attached hydrogens (tertiary/aromatic N) is 3. The van der Waals surface area contributed by atoms with Crippen LogP contribution in [0.25, 0.3) is 0 Å². The molecule has 10 heteroatoms. The Morgan fingerprint density at radius 2 is 2.59 bits per heavy atom. The zero-order valence-corrected chi connectivity index (χ0v) is 9.44. The lowest BCUT2D eigenvalue weighted by molar-refractivity contribution is 0.0922. The molecular weight excluding hydrogens is 246 g/mol. The van der Waals surface area contributed by atoms with Crippen molar-refractivity contribution in [3.8, 4) is 0 Å². The predicted octanol–water partition coefficient (Wildman–Crippen LogP) is -1.94. The van der Waals surface area contributed by atoms with Gasteiger partial charge in [0.25, 0.3) is 5.91 Å². The van der Waals surface area contributed by atoms with E-state index in [4.69, 9.17) is 10.9 Å². The van der Waals surface area contributed by atoms with E-state index in [1.165, 1.54) is 5.38 Å². The van der Waals surface area contributed by atoms with Gasteiger partial charge in [-0.05, 0) is 11.5 Å². The van der Waals surface area contributed by atoms with Crippen molar-refractivity contribution in [3.63, 3.8) is 0 Å². The van der Waals surface area contributed by atoms with Crippen molar-refractivity contribution in [2.45, 2.75) is 6.17 Å².